The van der Waals surface area contributed by atoms with Gasteiger partial charge in [-0.05, 0) is 19.4 Å². The van der Waals surface area contributed by atoms with Crippen LogP contribution >= 0.6 is 0 Å². The molecule has 0 aromatic heterocycles. The van der Waals surface area contributed by atoms with E-state index in [4.69, 9.17) is 6.42 Å². The summed E-state index contributed by atoms with van der Waals surface area (Å²) in [7, 11) is 0. The maximum Gasteiger partial charge on any atom is 0.0240 e. The van der Waals surface area contributed by atoms with Crippen molar-refractivity contribution in [3.05, 3.63) is 0 Å². The van der Waals surface area contributed by atoms with Gasteiger partial charge in [-0.25, -0.2) is 0 Å². The van der Waals surface area contributed by atoms with Crippen LogP contribution in [0.3, 0.4) is 0 Å². The SMILES string of the molecule is C#CCC(CCCCCCCC)NCCC. The molecule has 1 unspecified atom stereocenters. The highest BCUT2D eigenvalue weighted by Gasteiger charge is 2.04. The first kappa shape index (κ1) is 15.5. The molecule has 0 amide bonds. The van der Waals surface area contributed by atoms with Crippen molar-refractivity contribution in [1.82, 2.24) is 5.32 Å². The number of terminal acetylenes is 1. The minimum Gasteiger partial charge on any atom is -0.313 e. The van der Waals surface area contributed by atoms with Crippen LogP contribution in [0.2, 0.25) is 0 Å². The van der Waals surface area contributed by atoms with E-state index in [1.165, 1.54) is 51.4 Å². The summed E-state index contributed by atoms with van der Waals surface area (Å²) < 4.78 is 0. The molecule has 0 aliphatic heterocycles. The summed E-state index contributed by atoms with van der Waals surface area (Å²) in [6, 6.07) is 0.552. The highest BCUT2D eigenvalue weighted by molar-refractivity contribution is 4.89. The van der Waals surface area contributed by atoms with Gasteiger partial charge in [0.25, 0.3) is 0 Å². The normalized spacial score (nSPS) is 12.3. The van der Waals surface area contributed by atoms with E-state index in [9.17, 15) is 0 Å². The summed E-state index contributed by atoms with van der Waals surface area (Å²) in [6.07, 6.45) is 16.9. The molecule has 0 aliphatic carbocycles. The Bertz CT molecular complexity index is 169. The first-order valence-corrected chi connectivity index (χ1v) is 7.02. The second-order valence-electron chi connectivity index (χ2n) is 4.62. The van der Waals surface area contributed by atoms with Gasteiger partial charge >= 0.3 is 0 Å². The zero-order chi connectivity index (χ0) is 12.1. The zero-order valence-corrected chi connectivity index (χ0v) is 11.2. The van der Waals surface area contributed by atoms with Crippen molar-refractivity contribution in [2.75, 3.05) is 6.54 Å². The molecule has 1 nitrogen and oxygen atoms in total. The Morgan fingerprint density at radius 1 is 1.00 bits per heavy atom. The molecule has 0 aliphatic rings. The fourth-order valence-corrected chi connectivity index (χ4v) is 1.94. The van der Waals surface area contributed by atoms with Gasteiger partial charge in [0.05, 0.1) is 0 Å². The molecule has 0 aromatic carbocycles. The maximum atomic E-state index is 5.38. The van der Waals surface area contributed by atoms with Crippen LogP contribution in [0.4, 0.5) is 0 Å². The Kier molecular flexibility index (Phi) is 12.2. The lowest BCUT2D eigenvalue weighted by Gasteiger charge is -2.15. The van der Waals surface area contributed by atoms with Gasteiger partial charge in [0.1, 0.15) is 0 Å². The molecule has 0 bridgehead atoms. The molecule has 0 fully saturated rings. The van der Waals surface area contributed by atoms with Crippen LogP contribution in [0.15, 0.2) is 0 Å². The summed E-state index contributed by atoms with van der Waals surface area (Å²) >= 11 is 0. The second-order valence-corrected chi connectivity index (χ2v) is 4.62. The smallest absolute Gasteiger partial charge is 0.0240 e. The van der Waals surface area contributed by atoms with Crippen molar-refractivity contribution >= 4 is 0 Å². The van der Waals surface area contributed by atoms with Crippen molar-refractivity contribution in [2.24, 2.45) is 0 Å². The van der Waals surface area contributed by atoms with Crippen molar-refractivity contribution in [3.8, 4) is 12.3 Å². The standard InChI is InChI=1S/C15H29N/c1-4-7-8-9-10-11-13-15(12-5-2)16-14-6-3/h2,15-16H,4,6-14H2,1,3H3. The van der Waals surface area contributed by atoms with E-state index in [0.29, 0.717) is 6.04 Å². The molecule has 1 atom stereocenters. The van der Waals surface area contributed by atoms with Gasteiger partial charge in [-0.2, -0.15) is 0 Å². The molecule has 0 saturated heterocycles. The lowest BCUT2D eigenvalue weighted by molar-refractivity contribution is 0.459. The van der Waals surface area contributed by atoms with Crippen LogP contribution in [0.25, 0.3) is 0 Å². The third-order valence-corrected chi connectivity index (χ3v) is 2.95. The van der Waals surface area contributed by atoms with E-state index in [2.05, 4.69) is 25.1 Å². The number of hydrogen-bond donors (Lipinski definition) is 1. The van der Waals surface area contributed by atoms with Crippen LogP contribution in [0.1, 0.15) is 71.6 Å². The minimum absolute atomic E-state index is 0.552. The van der Waals surface area contributed by atoms with Crippen LogP contribution in [0, 0.1) is 12.3 Å². The van der Waals surface area contributed by atoms with E-state index in [-0.39, 0.29) is 0 Å². The Balaban J connectivity index is 3.41. The molecule has 0 aromatic rings. The van der Waals surface area contributed by atoms with Gasteiger partial charge in [-0.15, -0.1) is 12.3 Å². The lowest BCUT2D eigenvalue weighted by Crippen LogP contribution is -2.29. The van der Waals surface area contributed by atoms with Crippen LogP contribution in [-0.2, 0) is 0 Å². The summed E-state index contributed by atoms with van der Waals surface area (Å²) in [4.78, 5) is 0. The lowest BCUT2D eigenvalue weighted by atomic mass is 10.0. The Labute approximate surface area is 102 Å². The average molecular weight is 223 g/mol. The molecule has 0 rings (SSSR count). The van der Waals surface area contributed by atoms with E-state index < -0.39 is 0 Å². The van der Waals surface area contributed by atoms with Crippen LogP contribution < -0.4 is 5.32 Å². The Morgan fingerprint density at radius 3 is 2.31 bits per heavy atom. The summed E-state index contributed by atoms with van der Waals surface area (Å²) in [5.41, 5.74) is 0. The predicted molar refractivity (Wildman–Crippen MR) is 73.5 cm³/mol. The third-order valence-electron chi connectivity index (χ3n) is 2.95. The van der Waals surface area contributed by atoms with E-state index in [1.807, 2.05) is 0 Å². The van der Waals surface area contributed by atoms with Crippen LogP contribution in [0.5, 0.6) is 0 Å². The first-order chi connectivity index (χ1) is 7.85. The predicted octanol–water partition coefficient (Wildman–Crippen LogP) is 4.13. The molecular formula is C15H29N. The Hall–Kier alpha value is -0.480. The van der Waals surface area contributed by atoms with Crippen molar-refractivity contribution in [1.29, 1.82) is 0 Å². The average Bonchev–Trinajstić information content (AvgIpc) is 2.30. The number of hydrogen-bond acceptors (Lipinski definition) is 1. The summed E-state index contributed by atoms with van der Waals surface area (Å²) in [5.74, 6) is 2.78. The zero-order valence-electron chi connectivity index (χ0n) is 11.2. The van der Waals surface area contributed by atoms with E-state index in [0.717, 1.165) is 13.0 Å². The molecule has 0 saturated carbocycles. The highest BCUT2D eigenvalue weighted by atomic mass is 14.9. The van der Waals surface area contributed by atoms with E-state index >= 15 is 0 Å². The van der Waals surface area contributed by atoms with Crippen molar-refractivity contribution in [2.45, 2.75) is 77.7 Å². The molecule has 1 heteroatoms. The number of unbranched alkanes of at least 4 members (excludes halogenated alkanes) is 5. The van der Waals surface area contributed by atoms with Gasteiger partial charge in [0, 0.05) is 12.5 Å². The topological polar surface area (TPSA) is 12.0 Å². The first-order valence-electron chi connectivity index (χ1n) is 7.02. The molecule has 1 N–H and O–H groups in total. The quantitative estimate of drug-likeness (QED) is 0.410. The van der Waals surface area contributed by atoms with Gasteiger partial charge in [-0.3, -0.25) is 0 Å². The number of nitrogens with one attached hydrogen (secondary N) is 1. The van der Waals surface area contributed by atoms with Gasteiger partial charge < -0.3 is 5.32 Å². The fraction of sp³-hybridized carbons (Fsp3) is 0.867. The molecule has 16 heavy (non-hydrogen) atoms. The highest BCUT2D eigenvalue weighted by Crippen LogP contribution is 2.10. The molecule has 0 heterocycles. The number of rotatable bonds is 11. The Morgan fingerprint density at radius 2 is 1.69 bits per heavy atom. The summed E-state index contributed by atoms with van der Waals surface area (Å²) in [6.45, 7) is 5.56. The van der Waals surface area contributed by atoms with E-state index in [1.54, 1.807) is 0 Å². The maximum absolute atomic E-state index is 5.38. The fourth-order valence-electron chi connectivity index (χ4n) is 1.94. The molecule has 94 valence electrons. The molecule has 0 radical (unpaired) electrons. The second kappa shape index (κ2) is 12.6. The monoisotopic (exact) mass is 223 g/mol. The minimum atomic E-state index is 0.552. The van der Waals surface area contributed by atoms with Crippen molar-refractivity contribution in [3.63, 3.8) is 0 Å². The van der Waals surface area contributed by atoms with Crippen molar-refractivity contribution < 1.29 is 0 Å². The summed E-state index contributed by atoms with van der Waals surface area (Å²) in [5, 5.41) is 3.53. The van der Waals surface area contributed by atoms with Gasteiger partial charge in [0.15, 0.2) is 0 Å². The van der Waals surface area contributed by atoms with Gasteiger partial charge in [-0.1, -0.05) is 52.4 Å². The van der Waals surface area contributed by atoms with Crippen LogP contribution in [-0.4, -0.2) is 12.6 Å². The molecule has 0 spiro atoms. The van der Waals surface area contributed by atoms with Gasteiger partial charge in [0.2, 0.25) is 0 Å². The molecular weight excluding hydrogens is 194 g/mol. The largest absolute Gasteiger partial charge is 0.313 e. The third kappa shape index (κ3) is 10.1.